The summed E-state index contributed by atoms with van der Waals surface area (Å²) in [4.78, 5) is 37.0. The Balaban J connectivity index is 1.42. The lowest BCUT2D eigenvalue weighted by Gasteiger charge is -2.34. The Labute approximate surface area is 194 Å². The highest BCUT2D eigenvalue weighted by molar-refractivity contribution is 6.19. The smallest absolute Gasteiger partial charge is 0.328 e. The van der Waals surface area contributed by atoms with Crippen LogP contribution in [0.1, 0.15) is 49.7 Å². The van der Waals surface area contributed by atoms with Gasteiger partial charge >= 0.3 is 6.03 Å². The molecule has 1 saturated heterocycles. The summed E-state index contributed by atoms with van der Waals surface area (Å²) in [6.07, 6.45) is 3.49. The Kier molecular flexibility index (Phi) is 9.59. The van der Waals surface area contributed by atoms with Gasteiger partial charge in [0.1, 0.15) is 5.41 Å². The number of carbonyl (C=O) groups excluding carboxylic acids is 3. The minimum absolute atomic E-state index is 0.373. The van der Waals surface area contributed by atoms with Crippen LogP contribution in [0.3, 0.4) is 0 Å². The topological polar surface area (TPSA) is 93.7 Å². The van der Waals surface area contributed by atoms with Crippen molar-refractivity contribution in [2.75, 3.05) is 13.2 Å². The van der Waals surface area contributed by atoms with E-state index in [1.807, 2.05) is 60.7 Å². The molecule has 0 aromatic heterocycles. The van der Waals surface area contributed by atoms with Gasteiger partial charge in [0.15, 0.2) is 0 Å². The van der Waals surface area contributed by atoms with Crippen molar-refractivity contribution in [3.8, 4) is 0 Å². The number of hydrogen-bond acceptors (Lipinski definition) is 5. The second-order valence-corrected chi connectivity index (χ2v) is 8.31. The van der Waals surface area contributed by atoms with E-state index in [9.17, 15) is 14.4 Å². The van der Waals surface area contributed by atoms with Gasteiger partial charge in [-0.15, -0.1) is 0 Å². The Morgan fingerprint density at radius 3 is 1.45 bits per heavy atom. The maximum absolute atomic E-state index is 12.7. The molecule has 7 heteroatoms. The minimum atomic E-state index is -1.23. The van der Waals surface area contributed by atoms with E-state index < -0.39 is 23.3 Å². The molecule has 176 valence electrons. The second-order valence-electron chi connectivity index (χ2n) is 8.31. The number of carbonyl (C=O) groups is 3. The zero-order chi connectivity index (χ0) is 23.4. The third-order valence-electron chi connectivity index (χ3n) is 5.83. The van der Waals surface area contributed by atoms with E-state index in [2.05, 4.69) is 10.6 Å². The second kappa shape index (κ2) is 12.9. The summed E-state index contributed by atoms with van der Waals surface area (Å²) in [5.74, 6) is -1.02. The third-order valence-corrected chi connectivity index (χ3v) is 5.83. The molecule has 1 heterocycles. The monoisotopic (exact) mass is 452 g/mol. The first-order chi connectivity index (χ1) is 16.1. The summed E-state index contributed by atoms with van der Waals surface area (Å²) < 4.78 is 11.4. The Morgan fingerprint density at radius 1 is 0.606 bits per heavy atom. The predicted molar refractivity (Wildman–Crippen MR) is 124 cm³/mol. The maximum atomic E-state index is 12.7. The molecule has 1 fully saturated rings. The number of unbranched alkanes of at least 4 members (excludes halogenated alkanes) is 2. The normalized spacial score (nSPS) is 15.2. The summed E-state index contributed by atoms with van der Waals surface area (Å²) in [7, 11) is 0. The molecule has 0 spiro atoms. The SMILES string of the molecule is O=C1NC(=O)C(CCCCOCc2ccccc2)(CCCCOCc2ccccc2)C(=O)N1. The molecule has 2 N–H and O–H groups in total. The molecule has 0 bridgehead atoms. The van der Waals surface area contributed by atoms with Crippen LogP contribution >= 0.6 is 0 Å². The highest BCUT2D eigenvalue weighted by atomic mass is 16.5. The van der Waals surface area contributed by atoms with Crippen LogP contribution in [0.5, 0.6) is 0 Å². The molecule has 0 atom stereocenters. The van der Waals surface area contributed by atoms with Crippen molar-refractivity contribution in [3.05, 3.63) is 71.8 Å². The largest absolute Gasteiger partial charge is 0.377 e. The van der Waals surface area contributed by atoms with Gasteiger partial charge in [0.25, 0.3) is 0 Å². The van der Waals surface area contributed by atoms with Crippen LogP contribution in [0.25, 0.3) is 0 Å². The lowest BCUT2D eigenvalue weighted by Crippen LogP contribution is -2.62. The number of barbiturate groups is 1. The van der Waals surface area contributed by atoms with E-state index in [1.165, 1.54) is 0 Å². The summed E-state index contributed by atoms with van der Waals surface area (Å²) >= 11 is 0. The fourth-order valence-corrected chi connectivity index (χ4v) is 3.95. The molecule has 2 aromatic rings. The standard InChI is InChI=1S/C26H32N2O5/c29-23-26(24(30)28-25(31)27-23,15-7-9-17-32-19-21-11-3-1-4-12-21)16-8-10-18-33-20-22-13-5-2-6-14-22/h1-6,11-14H,7-10,15-20H2,(H2,27,28,29,30,31). The van der Waals surface area contributed by atoms with Gasteiger partial charge in [0.05, 0.1) is 13.2 Å². The van der Waals surface area contributed by atoms with Gasteiger partial charge in [0, 0.05) is 13.2 Å². The molecule has 0 aliphatic carbocycles. The number of imide groups is 2. The van der Waals surface area contributed by atoms with E-state index in [4.69, 9.17) is 9.47 Å². The number of rotatable bonds is 14. The van der Waals surface area contributed by atoms with Crippen molar-refractivity contribution in [1.82, 2.24) is 10.6 Å². The Bertz CT molecular complexity index is 828. The maximum Gasteiger partial charge on any atom is 0.328 e. The van der Waals surface area contributed by atoms with Gasteiger partial charge in [-0.25, -0.2) is 4.79 Å². The third kappa shape index (κ3) is 7.51. The summed E-state index contributed by atoms with van der Waals surface area (Å²) in [6.45, 7) is 2.15. The van der Waals surface area contributed by atoms with Crippen LogP contribution in [0.15, 0.2) is 60.7 Å². The van der Waals surface area contributed by atoms with E-state index in [-0.39, 0.29) is 0 Å². The predicted octanol–water partition coefficient (Wildman–Crippen LogP) is 4.11. The molecule has 0 radical (unpaired) electrons. The zero-order valence-electron chi connectivity index (χ0n) is 18.9. The van der Waals surface area contributed by atoms with Gasteiger partial charge in [0.2, 0.25) is 11.8 Å². The van der Waals surface area contributed by atoms with Gasteiger partial charge in [-0.05, 0) is 49.7 Å². The first-order valence-corrected chi connectivity index (χ1v) is 11.5. The minimum Gasteiger partial charge on any atom is -0.377 e. The van der Waals surface area contributed by atoms with Crippen molar-refractivity contribution >= 4 is 17.8 Å². The lowest BCUT2D eigenvalue weighted by molar-refractivity contribution is -0.145. The van der Waals surface area contributed by atoms with Gasteiger partial charge < -0.3 is 9.47 Å². The van der Waals surface area contributed by atoms with Crippen LogP contribution in [0.2, 0.25) is 0 Å². The van der Waals surface area contributed by atoms with Crippen LogP contribution in [-0.4, -0.2) is 31.1 Å². The van der Waals surface area contributed by atoms with Crippen LogP contribution in [0, 0.1) is 5.41 Å². The molecule has 4 amide bonds. The highest BCUT2D eigenvalue weighted by Gasteiger charge is 2.49. The highest BCUT2D eigenvalue weighted by Crippen LogP contribution is 2.33. The molecule has 33 heavy (non-hydrogen) atoms. The molecule has 2 aromatic carbocycles. The van der Waals surface area contributed by atoms with Crippen LogP contribution < -0.4 is 10.6 Å². The fourth-order valence-electron chi connectivity index (χ4n) is 3.95. The quantitative estimate of drug-likeness (QED) is 0.332. The van der Waals surface area contributed by atoms with Crippen molar-refractivity contribution in [2.45, 2.75) is 51.7 Å². The molecule has 0 unspecified atom stereocenters. The fraction of sp³-hybridized carbons (Fsp3) is 0.423. The average Bonchev–Trinajstić information content (AvgIpc) is 2.82. The zero-order valence-corrected chi connectivity index (χ0v) is 18.9. The molecule has 1 aliphatic rings. The van der Waals surface area contributed by atoms with Gasteiger partial charge in [-0.1, -0.05) is 60.7 Å². The number of hydrogen-bond donors (Lipinski definition) is 2. The number of amides is 4. The first-order valence-electron chi connectivity index (χ1n) is 11.5. The summed E-state index contributed by atoms with van der Waals surface area (Å²) in [6, 6.07) is 19.1. The Hall–Kier alpha value is -3.03. The van der Waals surface area contributed by atoms with Crippen LogP contribution in [-0.2, 0) is 32.3 Å². The summed E-state index contributed by atoms with van der Waals surface area (Å²) in [5.41, 5.74) is 0.980. The van der Waals surface area contributed by atoms with Gasteiger partial charge in [-0.2, -0.15) is 0 Å². The van der Waals surface area contributed by atoms with Crippen molar-refractivity contribution in [1.29, 1.82) is 0 Å². The number of nitrogens with one attached hydrogen (secondary N) is 2. The van der Waals surface area contributed by atoms with Crippen molar-refractivity contribution in [3.63, 3.8) is 0 Å². The lowest BCUT2D eigenvalue weighted by atomic mass is 9.75. The van der Waals surface area contributed by atoms with E-state index in [0.717, 1.165) is 24.0 Å². The van der Waals surface area contributed by atoms with E-state index in [1.54, 1.807) is 0 Å². The number of ether oxygens (including phenoxy) is 2. The summed E-state index contributed by atoms with van der Waals surface area (Å²) in [5, 5.41) is 4.55. The molecule has 1 aliphatic heterocycles. The number of urea groups is 1. The van der Waals surface area contributed by atoms with E-state index >= 15 is 0 Å². The Morgan fingerprint density at radius 2 is 1.03 bits per heavy atom. The van der Waals surface area contributed by atoms with E-state index in [0.29, 0.717) is 52.1 Å². The molecular weight excluding hydrogens is 420 g/mol. The first kappa shape index (κ1) is 24.6. The molecular formula is C26H32N2O5. The van der Waals surface area contributed by atoms with Crippen LogP contribution in [0.4, 0.5) is 4.79 Å². The van der Waals surface area contributed by atoms with Crippen molar-refractivity contribution < 1.29 is 23.9 Å². The van der Waals surface area contributed by atoms with Crippen molar-refractivity contribution in [2.24, 2.45) is 5.41 Å². The van der Waals surface area contributed by atoms with Gasteiger partial charge in [-0.3, -0.25) is 20.2 Å². The molecule has 3 rings (SSSR count). The molecule has 0 saturated carbocycles. The molecule has 7 nitrogen and oxygen atoms in total. The number of benzene rings is 2. The average molecular weight is 453 g/mol.